The maximum Gasteiger partial charge on any atom is 0.163 e. The van der Waals surface area contributed by atoms with Crippen LogP contribution in [0.4, 0.5) is 4.39 Å². The number of benzene rings is 1. The van der Waals surface area contributed by atoms with Gasteiger partial charge in [-0.2, -0.15) is 0 Å². The second-order valence-electron chi connectivity index (χ2n) is 3.01. The van der Waals surface area contributed by atoms with E-state index >= 15 is 0 Å². The number of methoxy groups -OCH3 is 1. The highest BCUT2D eigenvalue weighted by molar-refractivity contribution is 7.99. The molecule has 0 atom stereocenters. The predicted molar refractivity (Wildman–Crippen MR) is 59.0 cm³/mol. The molecule has 0 aliphatic carbocycles. The van der Waals surface area contributed by atoms with Crippen molar-refractivity contribution in [2.45, 2.75) is 11.8 Å². The molecule has 0 heterocycles. The first-order valence-corrected chi connectivity index (χ1v) is 5.56. The molecule has 0 radical (unpaired) electrons. The van der Waals surface area contributed by atoms with E-state index in [0.717, 1.165) is 0 Å². The van der Waals surface area contributed by atoms with E-state index in [2.05, 4.69) is 0 Å². The van der Waals surface area contributed by atoms with Crippen LogP contribution in [-0.4, -0.2) is 25.3 Å². The lowest BCUT2D eigenvalue weighted by Crippen LogP contribution is -2.01. The van der Waals surface area contributed by atoms with Gasteiger partial charge in [-0.25, -0.2) is 4.39 Å². The van der Waals surface area contributed by atoms with E-state index in [1.807, 2.05) is 0 Å². The second-order valence-corrected chi connectivity index (χ2v) is 4.15. The average Bonchev–Trinajstić information content (AvgIpc) is 2.17. The number of carbonyl (C=O) groups is 1. The number of Topliss-reactive ketones (excluding diaryl/α,β-unsaturated/α-hetero) is 1. The molecule has 1 rings (SSSR count). The number of ether oxygens (including phenoxy) is 1. The molecular formula is C11H13FO2S. The highest BCUT2D eigenvalue weighted by Gasteiger charge is 2.12. The normalized spacial score (nSPS) is 10.3. The smallest absolute Gasteiger partial charge is 0.163 e. The standard InChI is InChI=1S/C11H13FO2S/c1-8(13)11-9(12)4-3-5-10(11)15-7-6-14-2/h3-5H,6-7H2,1-2H3. The molecule has 0 spiro atoms. The zero-order valence-electron chi connectivity index (χ0n) is 8.75. The highest BCUT2D eigenvalue weighted by Crippen LogP contribution is 2.25. The van der Waals surface area contributed by atoms with Crippen LogP contribution in [0.25, 0.3) is 0 Å². The van der Waals surface area contributed by atoms with Gasteiger partial charge < -0.3 is 4.74 Å². The Kier molecular flexibility index (Phi) is 4.78. The minimum atomic E-state index is -0.454. The van der Waals surface area contributed by atoms with Crippen molar-refractivity contribution in [3.8, 4) is 0 Å². The lowest BCUT2D eigenvalue weighted by atomic mass is 10.1. The summed E-state index contributed by atoms with van der Waals surface area (Å²) >= 11 is 1.43. The predicted octanol–water partition coefficient (Wildman–Crippen LogP) is 2.77. The van der Waals surface area contributed by atoms with Gasteiger partial charge in [0.05, 0.1) is 12.2 Å². The SMILES string of the molecule is COCCSc1cccc(F)c1C(C)=O. The van der Waals surface area contributed by atoms with Crippen LogP contribution in [0.2, 0.25) is 0 Å². The van der Waals surface area contributed by atoms with E-state index in [-0.39, 0.29) is 11.3 Å². The Morgan fingerprint density at radius 1 is 1.53 bits per heavy atom. The van der Waals surface area contributed by atoms with Crippen LogP contribution < -0.4 is 0 Å². The summed E-state index contributed by atoms with van der Waals surface area (Å²) in [5, 5.41) is 0. The number of carbonyl (C=O) groups excluding carboxylic acids is 1. The van der Waals surface area contributed by atoms with Crippen LogP contribution >= 0.6 is 11.8 Å². The Morgan fingerprint density at radius 2 is 2.27 bits per heavy atom. The van der Waals surface area contributed by atoms with Crippen molar-refractivity contribution in [2.75, 3.05) is 19.5 Å². The topological polar surface area (TPSA) is 26.3 Å². The fourth-order valence-electron chi connectivity index (χ4n) is 1.20. The van der Waals surface area contributed by atoms with E-state index in [0.29, 0.717) is 17.3 Å². The molecule has 0 aliphatic rings. The maximum atomic E-state index is 13.3. The van der Waals surface area contributed by atoms with Gasteiger partial charge in [-0.3, -0.25) is 4.79 Å². The molecule has 1 aromatic carbocycles. The van der Waals surface area contributed by atoms with Gasteiger partial charge in [0, 0.05) is 17.8 Å². The van der Waals surface area contributed by atoms with Gasteiger partial charge in [-0.05, 0) is 19.1 Å². The molecule has 0 saturated heterocycles. The van der Waals surface area contributed by atoms with E-state index < -0.39 is 5.82 Å². The highest BCUT2D eigenvalue weighted by atomic mass is 32.2. The molecule has 0 bridgehead atoms. The van der Waals surface area contributed by atoms with Crippen LogP contribution in [0, 0.1) is 5.82 Å². The maximum absolute atomic E-state index is 13.3. The third-order valence-corrected chi connectivity index (χ3v) is 2.89. The number of ketones is 1. The lowest BCUT2D eigenvalue weighted by Gasteiger charge is -2.06. The van der Waals surface area contributed by atoms with Crippen molar-refractivity contribution in [1.82, 2.24) is 0 Å². The first-order valence-electron chi connectivity index (χ1n) is 4.58. The second kappa shape index (κ2) is 5.88. The zero-order valence-corrected chi connectivity index (χ0v) is 9.57. The van der Waals surface area contributed by atoms with Crippen molar-refractivity contribution >= 4 is 17.5 Å². The Balaban J connectivity index is 2.86. The Hall–Kier alpha value is -0.870. The van der Waals surface area contributed by atoms with E-state index in [9.17, 15) is 9.18 Å². The molecule has 0 saturated carbocycles. The summed E-state index contributed by atoms with van der Waals surface area (Å²) in [6.07, 6.45) is 0. The van der Waals surface area contributed by atoms with Gasteiger partial charge in [-0.1, -0.05) is 6.07 Å². The number of halogens is 1. The van der Waals surface area contributed by atoms with Crippen molar-refractivity contribution in [3.05, 3.63) is 29.6 Å². The minimum Gasteiger partial charge on any atom is -0.384 e. The van der Waals surface area contributed by atoms with Crippen molar-refractivity contribution < 1.29 is 13.9 Å². The first kappa shape index (κ1) is 12.2. The van der Waals surface area contributed by atoms with Gasteiger partial charge in [0.15, 0.2) is 5.78 Å². The number of rotatable bonds is 5. The summed E-state index contributed by atoms with van der Waals surface area (Å²) in [6.45, 7) is 1.96. The number of thioether (sulfide) groups is 1. The van der Waals surface area contributed by atoms with E-state index in [1.165, 1.54) is 24.8 Å². The number of hydrogen-bond acceptors (Lipinski definition) is 3. The zero-order chi connectivity index (χ0) is 11.3. The molecule has 15 heavy (non-hydrogen) atoms. The van der Waals surface area contributed by atoms with Gasteiger partial charge in [0.1, 0.15) is 5.82 Å². The van der Waals surface area contributed by atoms with Gasteiger partial charge in [0.25, 0.3) is 0 Å². The molecule has 82 valence electrons. The third-order valence-electron chi connectivity index (χ3n) is 1.87. The lowest BCUT2D eigenvalue weighted by molar-refractivity contribution is 0.101. The number of hydrogen-bond donors (Lipinski definition) is 0. The summed E-state index contributed by atoms with van der Waals surface area (Å²) in [5.41, 5.74) is 0.179. The largest absolute Gasteiger partial charge is 0.384 e. The Morgan fingerprint density at radius 3 is 2.87 bits per heavy atom. The molecule has 0 amide bonds. The summed E-state index contributed by atoms with van der Waals surface area (Å²) in [6, 6.07) is 4.66. The summed E-state index contributed by atoms with van der Waals surface area (Å²) in [5.74, 6) is 0.0122. The van der Waals surface area contributed by atoms with Crippen LogP contribution in [0.3, 0.4) is 0 Å². The van der Waals surface area contributed by atoms with E-state index in [4.69, 9.17) is 4.74 Å². The molecule has 0 aromatic heterocycles. The molecule has 2 nitrogen and oxygen atoms in total. The van der Waals surface area contributed by atoms with Crippen molar-refractivity contribution in [3.63, 3.8) is 0 Å². The van der Waals surface area contributed by atoms with Crippen molar-refractivity contribution in [1.29, 1.82) is 0 Å². The minimum absolute atomic E-state index is 0.179. The Bertz CT molecular complexity index is 352. The fraction of sp³-hybridized carbons (Fsp3) is 0.364. The van der Waals surface area contributed by atoms with Crippen LogP contribution in [0.1, 0.15) is 17.3 Å². The summed E-state index contributed by atoms with van der Waals surface area (Å²) in [4.78, 5) is 11.9. The van der Waals surface area contributed by atoms with Gasteiger partial charge >= 0.3 is 0 Å². The van der Waals surface area contributed by atoms with Crippen molar-refractivity contribution in [2.24, 2.45) is 0 Å². The van der Waals surface area contributed by atoms with Crippen LogP contribution in [0.15, 0.2) is 23.1 Å². The van der Waals surface area contributed by atoms with Gasteiger partial charge in [-0.15, -0.1) is 11.8 Å². The molecule has 0 N–H and O–H groups in total. The molecule has 0 aliphatic heterocycles. The quantitative estimate of drug-likeness (QED) is 0.440. The third kappa shape index (κ3) is 3.32. The molecule has 0 unspecified atom stereocenters. The van der Waals surface area contributed by atoms with Gasteiger partial charge in [0.2, 0.25) is 0 Å². The summed E-state index contributed by atoms with van der Waals surface area (Å²) in [7, 11) is 1.61. The average molecular weight is 228 g/mol. The summed E-state index contributed by atoms with van der Waals surface area (Å²) < 4.78 is 18.2. The molecular weight excluding hydrogens is 215 g/mol. The first-order chi connectivity index (χ1) is 7.16. The van der Waals surface area contributed by atoms with E-state index in [1.54, 1.807) is 19.2 Å². The van der Waals surface area contributed by atoms with Crippen LogP contribution in [-0.2, 0) is 4.74 Å². The molecule has 4 heteroatoms. The fourth-order valence-corrected chi connectivity index (χ4v) is 2.23. The monoisotopic (exact) mass is 228 g/mol. The van der Waals surface area contributed by atoms with Crippen LogP contribution in [0.5, 0.6) is 0 Å². The molecule has 0 fully saturated rings. The molecule has 1 aromatic rings. The Labute approximate surface area is 92.8 Å².